The number of rotatable bonds is 9. The molecule has 5 rings (SSSR count). The Labute approximate surface area is 225 Å². The minimum Gasteiger partial charge on any atom is -0.494 e. The first-order chi connectivity index (χ1) is 18.6. The number of aromatic nitrogens is 4. The highest BCUT2D eigenvalue weighted by molar-refractivity contribution is 5.49. The van der Waals surface area contributed by atoms with Gasteiger partial charge in [-0.15, -0.1) is 5.10 Å². The van der Waals surface area contributed by atoms with Gasteiger partial charge in [0.1, 0.15) is 5.75 Å². The summed E-state index contributed by atoms with van der Waals surface area (Å²) in [4.78, 5) is 5.00. The number of piperazine rings is 1. The molecule has 1 saturated heterocycles. The summed E-state index contributed by atoms with van der Waals surface area (Å²) in [5, 5.41) is 13.2. The van der Waals surface area contributed by atoms with Crippen molar-refractivity contribution in [1.29, 1.82) is 0 Å². The third-order valence-corrected chi connectivity index (χ3v) is 7.14. The normalized spacial score (nSPS) is 15.7. The molecule has 0 saturated carbocycles. The van der Waals surface area contributed by atoms with Gasteiger partial charge in [-0.25, -0.2) is 0 Å². The Hall–Kier alpha value is -3.81. The van der Waals surface area contributed by atoms with E-state index in [0.29, 0.717) is 6.61 Å². The molecule has 1 aliphatic rings. The van der Waals surface area contributed by atoms with Crippen LogP contribution in [0.2, 0.25) is 0 Å². The molecule has 0 bridgehead atoms. The number of aryl methyl sites for hydroxylation is 2. The zero-order valence-electron chi connectivity index (χ0n) is 22.5. The van der Waals surface area contributed by atoms with E-state index in [2.05, 4.69) is 106 Å². The van der Waals surface area contributed by atoms with Gasteiger partial charge in [0.05, 0.1) is 18.3 Å². The number of ether oxygens (including phenoxy) is 1. The molecule has 0 aliphatic carbocycles. The molecule has 1 atom stereocenters. The van der Waals surface area contributed by atoms with Crippen LogP contribution in [0.4, 0.5) is 0 Å². The molecule has 0 N–H and O–H groups in total. The highest BCUT2D eigenvalue weighted by Gasteiger charge is 2.31. The molecule has 3 aromatic carbocycles. The van der Waals surface area contributed by atoms with Crippen LogP contribution in [0.15, 0.2) is 78.9 Å². The van der Waals surface area contributed by atoms with Gasteiger partial charge in [-0.2, -0.15) is 4.68 Å². The second kappa shape index (κ2) is 12.2. The van der Waals surface area contributed by atoms with Gasteiger partial charge in [0, 0.05) is 32.7 Å². The molecule has 0 amide bonds. The number of nitrogens with zero attached hydrogens (tertiary/aromatic N) is 6. The molecule has 1 fully saturated rings. The van der Waals surface area contributed by atoms with Crippen molar-refractivity contribution >= 4 is 6.08 Å². The topological polar surface area (TPSA) is 59.3 Å². The van der Waals surface area contributed by atoms with Crippen LogP contribution in [0, 0.1) is 13.8 Å². The predicted octanol–water partition coefficient (Wildman–Crippen LogP) is 5.10. The average Bonchev–Trinajstić information content (AvgIpc) is 3.40. The lowest BCUT2D eigenvalue weighted by atomic mass is 10.0. The fraction of sp³-hybridized carbons (Fsp3) is 0.323. The SMILES string of the molecule is CCOc1ccc([C@@H](c2nnnn2-c2c(C)cccc2C)N2CCN(CC=Cc3ccccc3)CC2)cc1. The largest absolute Gasteiger partial charge is 0.494 e. The first-order valence-corrected chi connectivity index (χ1v) is 13.4. The quantitative estimate of drug-likeness (QED) is 0.314. The van der Waals surface area contributed by atoms with Gasteiger partial charge in [0.2, 0.25) is 0 Å². The molecular formula is C31H36N6O. The van der Waals surface area contributed by atoms with Gasteiger partial charge in [0.25, 0.3) is 0 Å². The maximum atomic E-state index is 5.71. The number of tetrazole rings is 1. The van der Waals surface area contributed by atoms with Crippen LogP contribution in [0.25, 0.3) is 11.8 Å². The monoisotopic (exact) mass is 508 g/mol. The second-order valence-corrected chi connectivity index (χ2v) is 9.74. The van der Waals surface area contributed by atoms with Crippen molar-refractivity contribution in [2.24, 2.45) is 0 Å². The van der Waals surface area contributed by atoms with E-state index < -0.39 is 0 Å². The Bertz CT molecular complexity index is 1320. The first-order valence-electron chi connectivity index (χ1n) is 13.4. The van der Waals surface area contributed by atoms with Gasteiger partial charge in [0.15, 0.2) is 5.82 Å². The van der Waals surface area contributed by atoms with Crippen molar-refractivity contribution in [2.75, 3.05) is 39.3 Å². The molecule has 0 spiro atoms. The maximum absolute atomic E-state index is 5.71. The Balaban J connectivity index is 1.39. The summed E-state index contributed by atoms with van der Waals surface area (Å²) in [6.45, 7) is 11.6. The smallest absolute Gasteiger partial charge is 0.178 e. The van der Waals surface area contributed by atoms with E-state index in [0.717, 1.165) is 66.7 Å². The minimum absolute atomic E-state index is 0.0679. The van der Waals surface area contributed by atoms with Crippen molar-refractivity contribution in [3.8, 4) is 11.4 Å². The van der Waals surface area contributed by atoms with Crippen molar-refractivity contribution in [2.45, 2.75) is 26.8 Å². The molecule has 7 heteroatoms. The van der Waals surface area contributed by atoms with Crippen LogP contribution in [0.3, 0.4) is 0 Å². The van der Waals surface area contributed by atoms with Gasteiger partial charge in [-0.3, -0.25) is 9.80 Å². The fourth-order valence-electron chi connectivity index (χ4n) is 5.21. The number of hydrogen-bond acceptors (Lipinski definition) is 6. The van der Waals surface area contributed by atoms with E-state index in [1.165, 1.54) is 5.56 Å². The van der Waals surface area contributed by atoms with E-state index in [1.54, 1.807) is 0 Å². The Morgan fingerprint density at radius 2 is 1.58 bits per heavy atom. The van der Waals surface area contributed by atoms with Crippen molar-refractivity contribution < 1.29 is 4.74 Å². The molecule has 4 aromatic rings. The van der Waals surface area contributed by atoms with E-state index in [-0.39, 0.29) is 6.04 Å². The van der Waals surface area contributed by atoms with Crippen molar-refractivity contribution in [3.63, 3.8) is 0 Å². The third kappa shape index (κ3) is 5.85. The standard InChI is InChI=1S/C31H36N6O/c1-4-38-28-17-15-27(16-18-28)30(31-32-33-34-37(31)29-24(2)10-8-11-25(29)3)36-22-20-35(21-23-36)19-9-14-26-12-6-5-7-13-26/h5-18,30H,4,19-23H2,1-3H3/t30-/m0/s1. The van der Waals surface area contributed by atoms with Gasteiger partial charge in [-0.1, -0.05) is 72.8 Å². The summed E-state index contributed by atoms with van der Waals surface area (Å²) in [5.41, 5.74) is 5.75. The number of hydrogen-bond donors (Lipinski definition) is 0. The summed E-state index contributed by atoms with van der Waals surface area (Å²) >= 11 is 0. The fourth-order valence-corrected chi connectivity index (χ4v) is 5.21. The second-order valence-electron chi connectivity index (χ2n) is 9.74. The lowest BCUT2D eigenvalue weighted by molar-refractivity contribution is 0.113. The summed E-state index contributed by atoms with van der Waals surface area (Å²) < 4.78 is 7.64. The highest BCUT2D eigenvalue weighted by Crippen LogP contribution is 2.32. The lowest BCUT2D eigenvalue weighted by Gasteiger charge is -2.38. The van der Waals surface area contributed by atoms with Crippen molar-refractivity contribution in [1.82, 2.24) is 30.0 Å². The number of para-hydroxylation sites is 1. The third-order valence-electron chi connectivity index (χ3n) is 7.14. The zero-order chi connectivity index (χ0) is 26.3. The molecule has 0 radical (unpaired) electrons. The molecule has 1 aromatic heterocycles. The van der Waals surface area contributed by atoms with Gasteiger partial charge >= 0.3 is 0 Å². The summed E-state index contributed by atoms with van der Waals surface area (Å²) in [7, 11) is 0. The lowest BCUT2D eigenvalue weighted by Crippen LogP contribution is -2.48. The van der Waals surface area contributed by atoms with Crippen molar-refractivity contribution in [3.05, 3.63) is 107 Å². The molecular weight excluding hydrogens is 472 g/mol. The van der Waals surface area contributed by atoms with Crippen LogP contribution in [0.5, 0.6) is 5.75 Å². The van der Waals surface area contributed by atoms with Crippen LogP contribution in [-0.4, -0.2) is 69.3 Å². The zero-order valence-corrected chi connectivity index (χ0v) is 22.5. The predicted molar refractivity (Wildman–Crippen MR) is 152 cm³/mol. The number of benzene rings is 3. The summed E-state index contributed by atoms with van der Waals surface area (Å²) in [6.07, 6.45) is 4.46. The maximum Gasteiger partial charge on any atom is 0.178 e. The van der Waals surface area contributed by atoms with Crippen LogP contribution in [-0.2, 0) is 0 Å². The summed E-state index contributed by atoms with van der Waals surface area (Å²) in [6, 6.07) is 25.1. The van der Waals surface area contributed by atoms with E-state index in [4.69, 9.17) is 4.74 Å². The molecule has 0 unspecified atom stereocenters. The Morgan fingerprint density at radius 1 is 0.868 bits per heavy atom. The van der Waals surface area contributed by atoms with Crippen LogP contribution < -0.4 is 4.74 Å². The molecule has 2 heterocycles. The first kappa shape index (κ1) is 25.8. The highest BCUT2D eigenvalue weighted by atomic mass is 16.5. The molecule has 38 heavy (non-hydrogen) atoms. The molecule has 7 nitrogen and oxygen atoms in total. The molecule has 1 aliphatic heterocycles. The van der Waals surface area contributed by atoms with Crippen LogP contribution >= 0.6 is 0 Å². The van der Waals surface area contributed by atoms with Gasteiger partial charge < -0.3 is 4.74 Å². The van der Waals surface area contributed by atoms with E-state index >= 15 is 0 Å². The van der Waals surface area contributed by atoms with Crippen LogP contribution in [0.1, 0.15) is 41.0 Å². The average molecular weight is 509 g/mol. The Morgan fingerprint density at radius 3 is 2.26 bits per heavy atom. The summed E-state index contributed by atoms with van der Waals surface area (Å²) in [5.74, 6) is 1.71. The van der Waals surface area contributed by atoms with E-state index in [9.17, 15) is 0 Å². The van der Waals surface area contributed by atoms with Gasteiger partial charge in [-0.05, 0) is 65.6 Å². The minimum atomic E-state index is -0.0679. The van der Waals surface area contributed by atoms with E-state index in [1.807, 2.05) is 29.8 Å². The Kier molecular flexibility index (Phi) is 8.26. The molecule has 196 valence electrons.